The molecule has 2 aromatic carbocycles. The van der Waals surface area contributed by atoms with Crippen molar-refractivity contribution in [3.8, 4) is 22.5 Å². The normalized spacial score (nSPS) is 10.4. The Kier molecular flexibility index (Phi) is 2.57. The highest BCUT2D eigenvalue weighted by Gasteiger charge is 2.03. The van der Waals surface area contributed by atoms with Crippen LogP contribution in [0.5, 0.6) is 0 Å². The van der Waals surface area contributed by atoms with E-state index in [1.807, 2.05) is 42.5 Å². The van der Waals surface area contributed by atoms with Crippen molar-refractivity contribution < 1.29 is 4.52 Å². The van der Waals surface area contributed by atoms with Crippen LogP contribution in [0, 0.1) is 0 Å². The molecule has 0 aliphatic heterocycles. The van der Waals surface area contributed by atoms with Gasteiger partial charge in [0, 0.05) is 5.56 Å². The average Bonchev–Trinajstić information content (AvgIpc) is 2.87. The zero-order chi connectivity index (χ0) is 12.4. The second-order valence-electron chi connectivity index (χ2n) is 4.02. The van der Waals surface area contributed by atoms with Gasteiger partial charge in [-0.1, -0.05) is 54.6 Å². The average molecular weight is 237 g/mol. The van der Waals surface area contributed by atoms with Crippen LogP contribution in [0.15, 0.2) is 70.0 Å². The zero-order valence-corrected chi connectivity index (χ0v) is 9.59. The number of hydrogen-bond donors (Lipinski definition) is 1. The number of nitrogens with one attached hydrogen (secondary N) is 1. The summed E-state index contributed by atoms with van der Waals surface area (Å²) >= 11 is 0. The predicted octanol–water partition coefficient (Wildman–Crippen LogP) is 3.30. The lowest BCUT2D eigenvalue weighted by atomic mass is 10.0. The van der Waals surface area contributed by atoms with Gasteiger partial charge in [-0.25, -0.2) is 0 Å². The quantitative estimate of drug-likeness (QED) is 0.743. The molecule has 0 bridgehead atoms. The van der Waals surface area contributed by atoms with Crippen LogP contribution in [-0.4, -0.2) is 5.16 Å². The van der Waals surface area contributed by atoms with Gasteiger partial charge in [-0.15, -0.1) is 0 Å². The molecule has 1 heterocycles. The Morgan fingerprint density at radius 1 is 0.778 bits per heavy atom. The van der Waals surface area contributed by atoms with Gasteiger partial charge in [0.05, 0.1) is 6.07 Å². The minimum atomic E-state index is -0.225. The topological polar surface area (TPSA) is 46.0 Å². The van der Waals surface area contributed by atoms with Gasteiger partial charge in [0.1, 0.15) is 0 Å². The van der Waals surface area contributed by atoms with E-state index in [2.05, 4.69) is 17.3 Å². The fourth-order valence-electron chi connectivity index (χ4n) is 1.88. The molecular weight excluding hydrogens is 226 g/mol. The molecule has 18 heavy (non-hydrogen) atoms. The number of benzene rings is 2. The molecule has 3 heteroatoms. The van der Waals surface area contributed by atoms with E-state index in [0.29, 0.717) is 5.76 Å². The molecule has 1 N–H and O–H groups in total. The number of hydrogen-bond acceptors (Lipinski definition) is 2. The summed E-state index contributed by atoms with van der Waals surface area (Å²) in [6.07, 6.45) is 0. The molecule has 0 amide bonds. The maximum atomic E-state index is 11.0. The van der Waals surface area contributed by atoms with Crippen LogP contribution in [0.25, 0.3) is 22.5 Å². The molecule has 3 rings (SSSR count). The Bertz CT molecular complexity index is 693. The summed E-state index contributed by atoms with van der Waals surface area (Å²) in [4.78, 5) is 11.0. The van der Waals surface area contributed by atoms with Gasteiger partial charge in [-0.2, -0.15) is 5.16 Å². The molecule has 0 fully saturated rings. The third kappa shape index (κ3) is 1.98. The van der Waals surface area contributed by atoms with Crippen molar-refractivity contribution >= 4 is 0 Å². The summed E-state index contributed by atoms with van der Waals surface area (Å²) in [6.45, 7) is 0. The smallest absolute Gasteiger partial charge is 0.280 e. The highest BCUT2D eigenvalue weighted by atomic mass is 16.5. The highest BCUT2D eigenvalue weighted by molar-refractivity contribution is 5.67. The monoisotopic (exact) mass is 237 g/mol. The second-order valence-corrected chi connectivity index (χ2v) is 4.02. The fourth-order valence-corrected chi connectivity index (χ4v) is 1.88. The van der Waals surface area contributed by atoms with Crippen LogP contribution in [0.1, 0.15) is 0 Å². The third-order valence-electron chi connectivity index (χ3n) is 2.80. The van der Waals surface area contributed by atoms with E-state index in [4.69, 9.17) is 4.52 Å². The van der Waals surface area contributed by atoms with Crippen molar-refractivity contribution in [1.82, 2.24) is 5.16 Å². The first kappa shape index (κ1) is 10.6. The Morgan fingerprint density at radius 2 is 1.39 bits per heavy atom. The van der Waals surface area contributed by atoms with Crippen molar-refractivity contribution in [1.29, 1.82) is 0 Å². The maximum absolute atomic E-state index is 11.0. The van der Waals surface area contributed by atoms with Crippen LogP contribution in [0.4, 0.5) is 0 Å². The van der Waals surface area contributed by atoms with Gasteiger partial charge in [-0.3, -0.25) is 4.79 Å². The van der Waals surface area contributed by atoms with Crippen molar-refractivity contribution in [2.24, 2.45) is 0 Å². The molecule has 88 valence electrons. The lowest BCUT2D eigenvalue weighted by Crippen LogP contribution is -1.92. The van der Waals surface area contributed by atoms with E-state index in [-0.39, 0.29) is 5.56 Å². The molecule has 0 aliphatic rings. The van der Waals surface area contributed by atoms with Crippen LogP contribution in [0.3, 0.4) is 0 Å². The number of rotatable bonds is 2. The van der Waals surface area contributed by atoms with Crippen molar-refractivity contribution in [2.45, 2.75) is 0 Å². The van der Waals surface area contributed by atoms with Gasteiger partial charge in [0.2, 0.25) is 0 Å². The first-order valence-electron chi connectivity index (χ1n) is 5.67. The standard InChI is InChI=1S/C15H11NO2/c17-15-10-14(18-16-15)13-8-6-12(7-9-13)11-4-2-1-3-5-11/h1-10H,(H,16,17). The van der Waals surface area contributed by atoms with Crippen LogP contribution in [-0.2, 0) is 0 Å². The van der Waals surface area contributed by atoms with Gasteiger partial charge in [0.25, 0.3) is 5.56 Å². The first-order chi connectivity index (χ1) is 8.83. The van der Waals surface area contributed by atoms with Crippen molar-refractivity contribution in [3.05, 3.63) is 71.0 Å². The number of aromatic amines is 1. The zero-order valence-electron chi connectivity index (χ0n) is 9.59. The Hall–Kier alpha value is -2.55. The Morgan fingerprint density at radius 3 is 2.00 bits per heavy atom. The molecule has 0 radical (unpaired) electrons. The minimum Gasteiger partial charge on any atom is -0.378 e. The summed E-state index contributed by atoms with van der Waals surface area (Å²) in [5.74, 6) is 0.555. The first-order valence-corrected chi connectivity index (χ1v) is 5.67. The fraction of sp³-hybridized carbons (Fsp3) is 0. The second kappa shape index (κ2) is 4.37. The Labute approximate surface area is 104 Å². The molecule has 0 unspecified atom stereocenters. The molecule has 0 atom stereocenters. The lowest BCUT2D eigenvalue weighted by molar-refractivity contribution is 0.426. The van der Waals surface area contributed by atoms with Gasteiger partial charge in [-0.05, 0) is 11.1 Å². The summed E-state index contributed by atoms with van der Waals surface area (Å²) in [5, 5.41) is 2.28. The van der Waals surface area contributed by atoms with E-state index < -0.39 is 0 Å². The number of aromatic nitrogens is 1. The minimum absolute atomic E-state index is 0.225. The van der Waals surface area contributed by atoms with E-state index >= 15 is 0 Å². The van der Waals surface area contributed by atoms with Gasteiger partial charge < -0.3 is 4.52 Å². The molecule has 1 aromatic heterocycles. The van der Waals surface area contributed by atoms with Crippen molar-refractivity contribution in [3.63, 3.8) is 0 Å². The van der Waals surface area contributed by atoms with E-state index in [1.165, 1.54) is 11.6 Å². The Balaban J connectivity index is 1.97. The molecule has 0 aliphatic carbocycles. The lowest BCUT2D eigenvalue weighted by Gasteiger charge is -2.02. The van der Waals surface area contributed by atoms with Crippen LogP contribution < -0.4 is 5.56 Å². The molecular formula is C15H11NO2. The third-order valence-corrected chi connectivity index (χ3v) is 2.80. The maximum Gasteiger partial charge on any atom is 0.280 e. The summed E-state index contributed by atoms with van der Waals surface area (Å²) in [5.41, 5.74) is 2.96. The van der Waals surface area contributed by atoms with E-state index in [9.17, 15) is 4.79 Å². The van der Waals surface area contributed by atoms with E-state index in [1.54, 1.807) is 0 Å². The van der Waals surface area contributed by atoms with Crippen LogP contribution in [0.2, 0.25) is 0 Å². The van der Waals surface area contributed by atoms with Gasteiger partial charge in [0.15, 0.2) is 5.76 Å². The highest BCUT2D eigenvalue weighted by Crippen LogP contribution is 2.23. The van der Waals surface area contributed by atoms with Crippen LogP contribution >= 0.6 is 0 Å². The summed E-state index contributed by atoms with van der Waals surface area (Å²) in [7, 11) is 0. The SMILES string of the molecule is O=c1cc(-c2ccc(-c3ccccc3)cc2)o[nH]1. The molecule has 0 spiro atoms. The molecule has 0 saturated heterocycles. The van der Waals surface area contributed by atoms with Gasteiger partial charge >= 0.3 is 0 Å². The molecule has 3 aromatic rings. The molecule has 0 saturated carbocycles. The number of H-pyrrole nitrogens is 1. The largest absolute Gasteiger partial charge is 0.378 e. The summed E-state index contributed by atoms with van der Waals surface area (Å²) < 4.78 is 5.06. The summed E-state index contributed by atoms with van der Waals surface area (Å²) in [6, 6.07) is 19.5. The van der Waals surface area contributed by atoms with Crippen molar-refractivity contribution in [2.75, 3.05) is 0 Å². The predicted molar refractivity (Wildman–Crippen MR) is 70.2 cm³/mol. The van der Waals surface area contributed by atoms with E-state index in [0.717, 1.165) is 11.1 Å². The molecule has 3 nitrogen and oxygen atoms in total.